The van der Waals surface area contributed by atoms with Gasteiger partial charge in [0.15, 0.2) is 6.61 Å². The summed E-state index contributed by atoms with van der Waals surface area (Å²) in [5.74, 6) is -0.354. The molecule has 146 valence electrons. The summed E-state index contributed by atoms with van der Waals surface area (Å²) >= 11 is 0. The van der Waals surface area contributed by atoms with Crippen LogP contribution < -0.4 is 10.1 Å². The van der Waals surface area contributed by atoms with Gasteiger partial charge in [-0.1, -0.05) is 39.0 Å². The van der Waals surface area contributed by atoms with E-state index in [1.54, 1.807) is 25.1 Å². The molecule has 2 aromatic rings. The van der Waals surface area contributed by atoms with E-state index in [1.165, 1.54) is 12.3 Å². The standard InChI is InChI=1S/C20H23F3N2O2/c1-13(15-7-10-17(24-11-15)27-12-20(21,22)23)25-18(26)14-5-8-16(9-6-14)19(2,3)4/h5-11,13H,12H2,1-4H3,(H,25,26). The van der Waals surface area contributed by atoms with E-state index in [0.717, 1.165) is 5.56 Å². The minimum absolute atomic E-state index is 0.00387. The Morgan fingerprint density at radius 1 is 1.11 bits per heavy atom. The molecule has 4 nitrogen and oxygen atoms in total. The van der Waals surface area contributed by atoms with E-state index >= 15 is 0 Å². The van der Waals surface area contributed by atoms with Gasteiger partial charge >= 0.3 is 6.18 Å². The molecule has 1 heterocycles. The Balaban J connectivity index is 1.97. The average Bonchev–Trinajstić information content (AvgIpc) is 2.59. The molecule has 27 heavy (non-hydrogen) atoms. The zero-order valence-electron chi connectivity index (χ0n) is 15.7. The largest absolute Gasteiger partial charge is 0.468 e. The van der Waals surface area contributed by atoms with Gasteiger partial charge in [-0.05, 0) is 35.6 Å². The molecule has 7 heteroatoms. The molecule has 0 bridgehead atoms. The molecule has 1 unspecified atom stereocenters. The van der Waals surface area contributed by atoms with Crippen LogP contribution in [0, 0.1) is 0 Å². The van der Waals surface area contributed by atoms with E-state index in [9.17, 15) is 18.0 Å². The molecule has 2 rings (SSSR count). The second-order valence-corrected chi connectivity index (χ2v) is 7.36. The first kappa shape index (κ1) is 20.7. The average molecular weight is 380 g/mol. The summed E-state index contributed by atoms with van der Waals surface area (Å²) in [6, 6.07) is 9.96. The van der Waals surface area contributed by atoms with Crippen molar-refractivity contribution in [2.75, 3.05) is 6.61 Å². The van der Waals surface area contributed by atoms with Gasteiger partial charge in [0.25, 0.3) is 5.91 Å². The summed E-state index contributed by atoms with van der Waals surface area (Å²) < 4.78 is 41.0. The van der Waals surface area contributed by atoms with Crippen molar-refractivity contribution in [2.24, 2.45) is 0 Å². The summed E-state index contributed by atoms with van der Waals surface area (Å²) in [5.41, 5.74) is 2.33. The van der Waals surface area contributed by atoms with Crippen LogP contribution in [0.25, 0.3) is 0 Å². The Bertz CT molecular complexity index is 764. The summed E-state index contributed by atoms with van der Waals surface area (Å²) in [6.07, 6.45) is -3.02. The third-order valence-corrected chi connectivity index (χ3v) is 4.00. The fourth-order valence-electron chi connectivity index (χ4n) is 2.37. The lowest BCUT2D eigenvalue weighted by molar-refractivity contribution is -0.154. The van der Waals surface area contributed by atoms with Gasteiger partial charge in [0.1, 0.15) is 0 Å². The zero-order valence-corrected chi connectivity index (χ0v) is 15.7. The third kappa shape index (κ3) is 6.27. The van der Waals surface area contributed by atoms with E-state index in [-0.39, 0.29) is 23.2 Å². The molecule has 1 aromatic heterocycles. The van der Waals surface area contributed by atoms with E-state index in [0.29, 0.717) is 11.1 Å². The molecule has 0 aliphatic heterocycles. The zero-order chi connectivity index (χ0) is 20.2. The Labute approximate surface area is 156 Å². The molecule has 0 saturated carbocycles. The first-order chi connectivity index (χ1) is 12.5. The third-order valence-electron chi connectivity index (χ3n) is 4.00. The molecule has 0 aliphatic carbocycles. The summed E-state index contributed by atoms with van der Waals surface area (Å²) in [4.78, 5) is 16.2. The fourth-order valence-corrected chi connectivity index (χ4v) is 2.37. The van der Waals surface area contributed by atoms with Crippen molar-refractivity contribution < 1.29 is 22.7 Å². The number of ether oxygens (including phenoxy) is 1. The van der Waals surface area contributed by atoms with Crippen molar-refractivity contribution in [3.8, 4) is 5.88 Å². The number of halogens is 3. The Morgan fingerprint density at radius 2 is 1.74 bits per heavy atom. The topological polar surface area (TPSA) is 51.2 Å². The number of hydrogen-bond donors (Lipinski definition) is 1. The van der Waals surface area contributed by atoms with E-state index in [1.807, 2.05) is 12.1 Å². The number of nitrogens with zero attached hydrogens (tertiary/aromatic N) is 1. The van der Waals surface area contributed by atoms with E-state index in [4.69, 9.17) is 0 Å². The van der Waals surface area contributed by atoms with Crippen LogP contribution >= 0.6 is 0 Å². The van der Waals surface area contributed by atoms with Crippen LogP contribution in [0.5, 0.6) is 5.88 Å². The van der Waals surface area contributed by atoms with E-state index < -0.39 is 12.8 Å². The fraction of sp³-hybridized carbons (Fsp3) is 0.400. The summed E-state index contributed by atoms with van der Waals surface area (Å²) in [5, 5.41) is 2.85. The molecule has 0 saturated heterocycles. The molecule has 1 N–H and O–H groups in total. The van der Waals surface area contributed by atoms with Gasteiger partial charge in [0.05, 0.1) is 6.04 Å². The van der Waals surface area contributed by atoms with Crippen molar-refractivity contribution in [3.05, 3.63) is 59.3 Å². The molecule has 1 atom stereocenters. The van der Waals surface area contributed by atoms with Gasteiger partial charge in [-0.2, -0.15) is 13.2 Å². The first-order valence-electron chi connectivity index (χ1n) is 8.52. The second-order valence-electron chi connectivity index (χ2n) is 7.36. The quantitative estimate of drug-likeness (QED) is 0.810. The van der Waals surface area contributed by atoms with Gasteiger partial charge in [-0.25, -0.2) is 4.98 Å². The lowest BCUT2D eigenvalue weighted by Gasteiger charge is -2.19. The predicted octanol–water partition coefficient (Wildman–Crippen LogP) is 4.81. The van der Waals surface area contributed by atoms with Crippen LogP contribution in [0.1, 0.15) is 55.2 Å². The van der Waals surface area contributed by atoms with Gasteiger partial charge in [0, 0.05) is 17.8 Å². The number of rotatable bonds is 5. The maximum absolute atomic E-state index is 12.4. The molecule has 0 spiro atoms. The smallest absolute Gasteiger partial charge is 0.422 e. The molecule has 0 radical (unpaired) electrons. The number of hydrogen-bond acceptors (Lipinski definition) is 3. The van der Waals surface area contributed by atoms with Crippen molar-refractivity contribution in [1.82, 2.24) is 10.3 Å². The SMILES string of the molecule is CC(NC(=O)c1ccc(C(C)(C)C)cc1)c1ccc(OCC(F)(F)F)nc1. The molecule has 1 amide bonds. The van der Waals surface area contributed by atoms with Crippen molar-refractivity contribution in [1.29, 1.82) is 0 Å². The van der Waals surface area contributed by atoms with Crippen molar-refractivity contribution in [3.63, 3.8) is 0 Å². The Kier molecular flexibility index (Phi) is 6.13. The number of carbonyl (C=O) groups excluding carboxylic acids is 1. The van der Waals surface area contributed by atoms with Gasteiger partial charge in [-0.15, -0.1) is 0 Å². The number of aromatic nitrogens is 1. The second kappa shape index (κ2) is 7.98. The first-order valence-corrected chi connectivity index (χ1v) is 8.52. The Morgan fingerprint density at radius 3 is 2.22 bits per heavy atom. The number of benzene rings is 1. The summed E-state index contributed by atoms with van der Waals surface area (Å²) in [6.45, 7) is 6.67. The minimum Gasteiger partial charge on any atom is -0.468 e. The minimum atomic E-state index is -4.41. The maximum atomic E-state index is 12.4. The highest BCUT2D eigenvalue weighted by Gasteiger charge is 2.28. The van der Waals surface area contributed by atoms with Crippen LogP contribution in [0.2, 0.25) is 0 Å². The predicted molar refractivity (Wildman–Crippen MR) is 96.8 cm³/mol. The molecule has 0 fully saturated rings. The van der Waals surface area contributed by atoms with Crippen LogP contribution in [0.3, 0.4) is 0 Å². The highest BCUT2D eigenvalue weighted by Crippen LogP contribution is 2.23. The van der Waals surface area contributed by atoms with Crippen molar-refractivity contribution >= 4 is 5.91 Å². The molecular formula is C20H23F3N2O2. The van der Waals surface area contributed by atoms with E-state index in [2.05, 4.69) is 35.8 Å². The van der Waals surface area contributed by atoms with Crippen LogP contribution in [0.15, 0.2) is 42.6 Å². The number of amides is 1. The molecular weight excluding hydrogens is 357 g/mol. The normalized spacial score (nSPS) is 13.1. The monoisotopic (exact) mass is 380 g/mol. The number of nitrogens with one attached hydrogen (secondary N) is 1. The summed E-state index contributed by atoms with van der Waals surface area (Å²) in [7, 11) is 0. The van der Waals surface area contributed by atoms with Crippen LogP contribution in [-0.4, -0.2) is 23.7 Å². The number of pyridine rings is 1. The highest BCUT2D eigenvalue weighted by atomic mass is 19.4. The lowest BCUT2D eigenvalue weighted by atomic mass is 9.86. The highest BCUT2D eigenvalue weighted by molar-refractivity contribution is 5.94. The Hall–Kier alpha value is -2.57. The maximum Gasteiger partial charge on any atom is 0.422 e. The lowest BCUT2D eigenvalue weighted by Crippen LogP contribution is -2.27. The van der Waals surface area contributed by atoms with Crippen LogP contribution in [0.4, 0.5) is 13.2 Å². The van der Waals surface area contributed by atoms with Gasteiger partial charge in [-0.3, -0.25) is 4.79 Å². The number of carbonyl (C=O) groups is 1. The number of alkyl halides is 3. The van der Waals surface area contributed by atoms with Crippen LogP contribution in [-0.2, 0) is 5.41 Å². The van der Waals surface area contributed by atoms with Crippen molar-refractivity contribution in [2.45, 2.75) is 45.3 Å². The van der Waals surface area contributed by atoms with Gasteiger partial charge in [0.2, 0.25) is 5.88 Å². The molecule has 0 aliphatic rings. The molecule has 1 aromatic carbocycles. The van der Waals surface area contributed by atoms with Gasteiger partial charge < -0.3 is 10.1 Å².